The molecule has 0 saturated heterocycles. The Kier molecular flexibility index (Phi) is 2.46. The number of hydrogen-bond donors (Lipinski definition) is 2. The first-order valence-corrected chi connectivity index (χ1v) is 5.27. The maximum atomic E-state index is 4.29. The van der Waals surface area contributed by atoms with Crippen LogP contribution in [-0.4, -0.2) is 26.5 Å². The summed E-state index contributed by atoms with van der Waals surface area (Å²) in [5, 5.41) is 6.45. The van der Waals surface area contributed by atoms with Gasteiger partial charge in [0.05, 0.1) is 0 Å². The Bertz CT molecular complexity index is 340. The van der Waals surface area contributed by atoms with Gasteiger partial charge in [0.25, 0.3) is 0 Å². The zero-order valence-electron chi connectivity index (χ0n) is 9.41. The summed E-state index contributed by atoms with van der Waals surface area (Å²) in [7, 11) is 0. The maximum Gasteiger partial charge on any atom is 0.227 e. The van der Waals surface area contributed by atoms with E-state index in [1.165, 1.54) is 19.2 Å². The molecule has 1 aliphatic carbocycles. The second kappa shape index (κ2) is 3.64. The summed E-state index contributed by atoms with van der Waals surface area (Å²) >= 11 is 0. The number of anilines is 2. The van der Waals surface area contributed by atoms with Crippen LogP contribution in [0.5, 0.6) is 0 Å². The van der Waals surface area contributed by atoms with Crippen molar-refractivity contribution in [1.29, 1.82) is 0 Å². The van der Waals surface area contributed by atoms with Gasteiger partial charge in [-0.25, -0.2) is 9.97 Å². The predicted molar refractivity (Wildman–Crippen MR) is 59.8 cm³/mol. The smallest absolute Gasteiger partial charge is 0.227 e. The molecule has 5 heteroatoms. The summed E-state index contributed by atoms with van der Waals surface area (Å²) in [6.07, 6.45) is 3.97. The highest BCUT2D eigenvalue weighted by atomic mass is 15.2. The molecule has 1 fully saturated rings. The van der Waals surface area contributed by atoms with E-state index in [2.05, 4.69) is 46.4 Å². The van der Waals surface area contributed by atoms with E-state index in [1.807, 2.05) is 0 Å². The Morgan fingerprint density at radius 2 is 1.87 bits per heavy atom. The van der Waals surface area contributed by atoms with E-state index < -0.39 is 0 Å². The van der Waals surface area contributed by atoms with Crippen molar-refractivity contribution in [3.05, 3.63) is 6.33 Å². The molecule has 0 unspecified atom stereocenters. The van der Waals surface area contributed by atoms with Crippen LogP contribution in [0.4, 0.5) is 11.9 Å². The Morgan fingerprint density at radius 3 is 2.47 bits per heavy atom. The molecule has 15 heavy (non-hydrogen) atoms. The van der Waals surface area contributed by atoms with E-state index >= 15 is 0 Å². The molecule has 1 heterocycles. The lowest BCUT2D eigenvalue weighted by Crippen LogP contribution is -2.27. The third kappa shape index (κ3) is 3.34. The molecule has 0 radical (unpaired) electrons. The zero-order valence-corrected chi connectivity index (χ0v) is 9.41. The van der Waals surface area contributed by atoms with Crippen molar-refractivity contribution < 1.29 is 0 Å². The van der Waals surface area contributed by atoms with Gasteiger partial charge in [0.2, 0.25) is 11.9 Å². The average Bonchev–Trinajstić information content (AvgIpc) is 2.85. The monoisotopic (exact) mass is 207 g/mol. The molecule has 82 valence electrons. The van der Waals surface area contributed by atoms with Crippen molar-refractivity contribution in [2.24, 2.45) is 0 Å². The fraction of sp³-hybridized carbons (Fsp3) is 0.700. The Labute approximate surface area is 89.7 Å². The van der Waals surface area contributed by atoms with Crippen LogP contribution in [0.3, 0.4) is 0 Å². The Hall–Kier alpha value is -1.39. The van der Waals surface area contributed by atoms with E-state index in [0.717, 1.165) is 0 Å². The van der Waals surface area contributed by atoms with Gasteiger partial charge in [0.1, 0.15) is 6.33 Å². The van der Waals surface area contributed by atoms with Gasteiger partial charge in [-0.1, -0.05) is 0 Å². The third-order valence-corrected chi connectivity index (χ3v) is 1.97. The molecule has 2 N–H and O–H groups in total. The molecule has 0 atom stereocenters. The van der Waals surface area contributed by atoms with Gasteiger partial charge in [-0.05, 0) is 33.6 Å². The Morgan fingerprint density at radius 1 is 1.20 bits per heavy atom. The second-order valence-electron chi connectivity index (χ2n) is 4.93. The van der Waals surface area contributed by atoms with Gasteiger partial charge in [-0.2, -0.15) is 4.98 Å². The summed E-state index contributed by atoms with van der Waals surface area (Å²) in [6, 6.07) is 0.565. The van der Waals surface area contributed by atoms with E-state index in [4.69, 9.17) is 0 Å². The van der Waals surface area contributed by atoms with Gasteiger partial charge in [0.15, 0.2) is 0 Å². The van der Waals surface area contributed by atoms with Crippen molar-refractivity contribution in [2.75, 3.05) is 10.6 Å². The zero-order chi connectivity index (χ0) is 10.9. The first kappa shape index (κ1) is 10.1. The fourth-order valence-electron chi connectivity index (χ4n) is 1.17. The van der Waals surface area contributed by atoms with Crippen molar-refractivity contribution >= 4 is 11.9 Å². The number of hydrogen-bond acceptors (Lipinski definition) is 5. The number of nitrogens with one attached hydrogen (secondary N) is 2. The molecule has 0 aliphatic heterocycles. The highest BCUT2D eigenvalue weighted by Crippen LogP contribution is 2.22. The largest absolute Gasteiger partial charge is 0.351 e. The standard InChI is InChI=1S/C10H17N5/c1-10(2,3)15-9-12-6-11-8(14-9)13-7-4-5-7/h6-7H,4-5H2,1-3H3,(H2,11,12,13,14,15). The normalized spacial score (nSPS) is 16.2. The van der Waals surface area contributed by atoms with Crippen LogP contribution in [-0.2, 0) is 0 Å². The summed E-state index contributed by atoms with van der Waals surface area (Å²) in [6.45, 7) is 6.22. The molecular weight excluding hydrogens is 190 g/mol. The van der Waals surface area contributed by atoms with Crippen molar-refractivity contribution in [1.82, 2.24) is 15.0 Å². The molecule has 1 saturated carbocycles. The van der Waals surface area contributed by atoms with Gasteiger partial charge < -0.3 is 10.6 Å². The van der Waals surface area contributed by atoms with Gasteiger partial charge >= 0.3 is 0 Å². The van der Waals surface area contributed by atoms with E-state index in [1.54, 1.807) is 0 Å². The minimum absolute atomic E-state index is 0.0296. The number of aromatic nitrogens is 3. The van der Waals surface area contributed by atoms with Crippen LogP contribution < -0.4 is 10.6 Å². The maximum absolute atomic E-state index is 4.29. The first-order chi connectivity index (χ1) is 7.03. The van der Waals surface area contributed by atoms with Gasteiger partial charge in [0, 0.05) is 11.6 Å². The average molecular weight is 207 g/mol. The molecular formula is C10H17N5. The summed E-state index contributed by atoms with van der Waals surface area (Å²) in [5.41, 5.74) is -0.0296. The van der Waals surface area contributed by atoms with Crippen molar-refractivity contribution in [3.8, 4) is 0 Å². The predicted octanol–water partition coefficient (Wildman–Crippen LogP) is 1.66. The van der Waals surface area contributed by atoms with Crippen LogP contribution >= 0.6 is 0 Å². The minimum Gasteiger partial charge on any atom is -0.351 e. The highest BCUT2D eigenvalue weighted by molar-refractivity contribution is 5.36. The van der Waals surface area contributed by atoms with Crippen LogP contribution in [0.15, 0.2) is 6.33 Å². The molecule has 1 aromatic rings. The van der Waals surface area contributed by atoms with Crippen molar-refractivity contribution in [3.63, 3.8) is 0 Å². The lowest BCUT2D eigenvalue weighted by molar-refractivity contribution is 0.625. The quantitative estimate of drug-likeness (QED) is 0.789. The molecule has 0 spiro atoms. The van der Waals surface area contributed by atoms with E-state index in [9.17, 15) is 0 Å². The lowest BCUT2D eigenvalue weighted by Gasteiger charge is -2.20. The molecule has 2 rings (SSSR count). The van der Waals surface area contributed by atoms with Crippen LogP contribution in [0, 0.1) is 0 Å². The van der Waals surface area contributed by atoms with E-state index in [0.29, 0.717) is 17.9 Å². The molecule has 0 amide bonds. The molecule has 1 aromatic heterocycles. The SMILES string of the molecule is CC(C)(C)Nc1ncnc(NC2CC2)n1. The molecule has 0 bridgehead atoms. The fourth-order valence-corrected chi connectivity index (χ4v) is 1.17. The summed E-state index contributed by atoms with van der Waals surface area (Å²) in [5.74, 6) is 1.29. The highest BCUT2D eigenvalue weighted by Gasteiger charge is 2.22. The third-order valence-electron chi connectivity index (χ3n) is 1.97. The molecule has 0 aromatic carbocycles. The first-order valence-electron chi connectivity index (χ1n) is 5.27. The lowest BCUT2D eigenvalue weighted by atomic mass is 10.1. The topological polar surface area (TPSA) is 62.7 Å². The van der Waals surface area contributed by atoms with Crippen molar-refractivity contribution in [2.45, 2.75) is 45.2 Å². The molecule has 5 nitrogen and oxygen atoms in total. The van der Waals surface area contributed by atoms with Gasteiger partial charge in [-0.15, -0.1) is 0 Å². The van der Waals surface area contributed by atoms with Gasteiger partial charge in [-0.3, -0.25) is 0 Å². The molecule has 1 aliphatic rings. The Balaban J connectivity index is 2.04. The van der Waals surface area contributed by atoms with Crippen LogP contribution in [0.2, 0.25) is 0 Å². The minimum atomic E-state index is -0.0296. The van der Waals surface area contributed by atoms with E-state index in [-0.39, 0.29) is 5.54 Å². The summed E-state index contributed by atoms with van der Waals surface area (Å²) in [4.78, 5) is 12.4. The number of nitrogens with zero attached hydrogens (tertiary/aromatic N) is 3. The second-order valence-corrected chi connectivity index (χ2v) is 4.93. The van der Waals surface area contributed by atoms with Crippen LogP contribution in [0.25, 0.3) is 0 Å². The van der Waals surface area contributed by atoms with Crippen LogP contribution in [0.1, 0.15) is 33.6 Å². The number of rotatable bonds is 3. The summed E-state index contributed by atoms with van der Waals surface area (Å²) < 4.78 is 0.